The Morgan fingerprint density at radius 3 is 2.61 bits per heavy atom. The van der Waals surface area contributed by atoms with Crippen LogP contribution in [-0.4, -0.2) is 54.6 Å². The highest BCUT2D eigenvalue weighted by molar-refractivity contribution is 5.64. The molecule has 1 fully saturated rings. The zero-order valence-corrected chi connectivity index (χ0v) is 17.1. The van der Waals surface area contributed by atoms with E-state index in [1.807, 2.05) is 0 Å². The second-order valence-electron chi connectivity index (χ2n) is 8.20. The predicted molar refractivity (Wildman–Crippen MR) is 113 cm³/mol. The van der Waals surface area contributed by atoms with Crippen molar-refractivity contribution < 1.29 is 14.9 Å². The summed E-state index contributed by atoms with van der Waals surface area (Å²) in [6.07, 6.45) is 1.89. The van der Waals surface area contributed by atoms with E-state index in [1.54, 1.807) is 7.11 Å². The predicted octanol–water partition coefficient (Wildman–Crippen LogP) is 3.63. The second-order valence-corrected chi connectivity index (χ2v) is 8.20. The molecular weight excluding hydrogens is 350 g/mol. The van der Waals surface area contributed by atoms with Gasteiger partial charge < -0.3 is 14.9 Å². The van der Waals surface area contributed by atoms with E-state index in [0.29, 0.717) is 19.6 Å². The Balaban J connectivity index is 1.66. The van der Waals surface area contributed by atoms with Crippen LogP contribution < -0.4 is 0 Å². The lowest BCUT2D eigenvalue weighted by molar-refractivity contribution is -0.0843. The molecule has 1 saturated heterocycles. The van der Waals surface area contributed by atoms with Gasteiger partial charge in [0.25, 0.3) is 0 Å². The number of piperidine rings is 1. The number of rotatable bonds is 8. The fourth-order valence-corrected chi connectivity index (χ4v) is 4.31. The van der Waals surface area contributed by atoms with Gasteiger partial charge in [0.1, 0.15) is 0 Å². The molecule has 2 N–H and O–H groups in total. The number of hydrogen-bond donors (Lipinski definition) is 2. The Labute approximate surface area is 168 Å². The third kappa shape index (κ3) is 5.00. The molecule has 0 unspecified atom stereocenters. The van der Waals surface area contributed by atoms with Crippen molar-refractivity contribution in [2.45, 2.75) is 38.8 Å². The molecule has 0 bridgehead atoms. The molecule has 0 radical (unpaired) electrons. The average molecular weight is 384 g/mol. The number of likely N-dealkylation sites (tertiary alicyclic amines) is 1. The summed E-state index contributed by atoms with van der Waals surface area (Å²) < 4.78 is 5.16. The third-order valence-electron chi connectivity index (χ3n) is 6.01. The lowest BCUT2D eigenvalue weighted by Gasteiger charge is -2.45. The van der Waals surface area contributed by atoms with Gasteiger partial charge in [-0.15, -0.1) is 0 Å². The summed E-state index contributed by atoms with van der Waals surface area (Å²) >= 11 is 0. The Morgan fingerprint density at radius 1 is 1.14 bits per heavy atom. The van der Waals surface area contributed by atoms with Gasteiger partial charge in [0.05, 0.1) is 12.7 Å². The topological polar surface area (TPSA) is 52.9 Å². The van der Waals surface area contributed by atoms with Crippen LogP contribution in [0.5, 0.6) is 0 Å². The minimum absolute atomic E-state index is 0.0146. The number of aliphatic hydroxyl groups excluding tert-OH is 2. The van der Waals surface area contributed by atoms with Gasteiger partial charge in [-0.1, -0.05) is 54.1 Å². The van der Waals surface area contributed by atoms with E-state index in [0.717, 1.165) is 25.9 Å². The van der Waals surface area contributed by atoms with Gasteiger partial charge in [0, 0.05) is 38.8 Å². The molecule has 3 rings (SSSR count). The zero-order chi connectivity index (χ0) is 20.0. The van der Waals surface area contributed by atoms with E-state index < -0.39 is 11.5 Å². The van der Waals surface area contributed by atoms with E-state index in [1.165, 1.54) is 22.3 Å². The maximum absolute atomic E-state index is 10.6. The van der Waals surface area contributed by atoms with Crippen molar-refractivity contribution >= 4 is 0 Å². The van der Waals surface area contributed by atoms with Crippen LogP contribution in [0.4, 0.5) is 0 Å². The van der Waals surface area contributed by atoms with Crippen LogP contribution in [0.1, 0.15) is 30.4 Å². The SMILES string of the molecule is COCCC[C@@]1(CO)CN(Cc2ccc(-c3cccc(C)c3)cc2)CC[C@H]1O. The van der Waals surface area contributed by atoms with Crippen LogP contribution in [0.25, 0.3) is 11.1 Å². The molecule has 152 valence electrons. The maximum atomic E-state index is 10.6. The molecule has 4 nitrogen and oxygen atoms in total. The Kier molecular flexibility index (Phi) is 7.24. The van der Waals surface area contributed by atoms with Gasteiger partial charge in [0.15, 0.2) is 0 Å². The minimum Gasteiger partial charge on any atom is -0.396 e. The summed E-state index contributed by atoms with van der Waals surface area (Å²) in [5.74, 6) is 0. The highest BCUT2D eigenvalue weighted by Gasteiger charge is 2.41. The number of hydrogen-bond acceptors (Lipinski definition) is 4. The molecule has 28 heavy (non-hydrogen) atoms. The molecule has 0 aromatic heterocycles. The zero-order valence-electron chi connectivity index (χ0n) is 17.1. The van der Waals surface area contributed by atoms with Crippen LogP contribution in [0.15, 0.2) is 48.5 Å². The van der Waals surface area contributed by atoms with Crippen molar-refractivity contribution in [2.75, 3.05) is 33.4 Å². The standard InChI is InChI=1S/C24H33NO3/c1-19-5-3-6-22(15-19)21-9-7-20(8-10-21)16-25-13-11-23(27)24(17-25,18-26)12-4-14-28-2/h3,5-10,15,23,26-27H,4,11-14,16-18H2,1-2H3/t23-,24+/m1/s1. The first-order valence-electron chi connectivity index (χ1n) is 10.2. The van der Waals surface area contributed by atoms with Gasteiger partial charge >= 0.3 is 0 Å². The first-order chi connectivity index (χ1) is 13.6. The smallest absolute Gasteiger partial charge is 0.0642 e. The minimum atomic E-state index is -0.450. The molecule has 1 heterocycles. The molecule has 2 aromatic rings. The largest absolute Gasteiger partial charge is 0.396 e. The molecule has 2 atom stereocenters. The third-order valence-corrected chi connectivity index (χ3v) is 6.01. The van der Waals surface area contributed by atoms with Crippen molar-refractivity contribution in [2.24, 2.45) is 5.41 Å². The number of ether oxygens (including phenoxy) is 1. The molecule has 0 spiro atoms. The van der Waals surface area contributed by atoms with Gasteiger partial charge in [0.2, 0.25) is 0 Å². The Bertz CT molecular complexity index is 746. The van der Waals surface area contributed by atoms with Crippen LogP contribution in [-0.2, 0) is 11.3 Å². The maximum Gasteiger partial charge on any atom is 0.0642 e. The van der Waals surface area contributed by atoms with Crippen molar-refractivity contribution in [3.63, 3.8) is 0 Å². The van der Waals surface area contributed by atoms with E-state index in [2.05, 4.69) is 60.4 Å². The Morgan fingerprint density at radius 2 is 1.93 bits per heavy atom. The molecular formula is C24H33NO3. The molecule has 1 aliphatic rings. The van der Waals surface area contributed by atoms with Crippen molar-refractivity contribution in [1.82, 2.24) is 4.90 Å². The summed E-state index contributed by atoms with van der Waals surface area (Å²) in [5, 5.41) is 20.6. The monoisotopic (exact) mass is 383 g/mol. The van der Waals surface area contributed by atoms with Crippen LogP contribution in [0, 0.1) is 12.3 Å². The van der Waals surface area contributed by atoms with E-state index in [4.69, 9.17) is 4.74 Å². The van der Waals surface area contributed by atoms with Gasteiger partial charge in [-0.25, -0.2) is 0 Å². The fraction of sp³-hybridized carbons (Fsp3) is 0.500. The summed E-state index contributed by atoms with van der Waals surface area (Å²) in [6.45, 7) is 5.20. The highest BCUT2D eigenvalue weighted by Crippen LogP contribution is 2.35. The summed E-state index contributed by atoms with van der Waals surface area (Å²) in [6, 6.07) is 17.3. The molecule has 4 heteroatoms. The molecule has 1 aliphatic heterocycles. The van der Waals surface area contributed by atoms with Crippen LogP contribution in [0.2, 0.25) is 0 Å². The van der Waals surface area contributed by atoms with Crippen molar-refractivity contribution in [3.05, 3.63) is 59.7 Å². The molecule has 0 saturated carbocycles. The van der Waals surface area contributed by atoms with Crippen molar-refractivity contribution in [1.29, 1.82) is 0 Å². The summed E-state index contributed by atoms with van der Waals surface area (Å²) in [4.78, 5) is 2.36. The average Bonchev–Trinajstić information content (AvgIpc) is 2.71. The van der Waals surface area contributed by atoms with Crippen molar-refractivity contribution in [3.8, 4) is 11.1 Å². The summed E-state index contributed by atoms with van der Waals surface area (Å²) in [7, 11) is 1.69. The Hall–Kier alpha value is -1.72. The quantitative estimate of drug-likeness (QED) is 0.684. The normalized spacial score (nSPS) is 23.1. The van der Waals surface area contributed by atoms with E-state index >= 15 is 0 Å². The van der Waals surface area contributed by atoms with Crippen LogP contribution in [0.3, 0.4) is 0 Å². The van der Waals surface area contributed by atoms with E-state index in [9.17, 15) is 10.2 Å². The first-order valence-corrected chi connectivity index (χ1v) is 10.2. The number of aliphatic hydroxyl groups is 2. The fourth-order valence-electron chi connectivity index (χ4n) is 4.31. The molecule has 0 aliphatic carbocycles. The second kappa shape index (κ2) is 9.66. The number of methoxy groups -OCH3 is 1. The number of nitrogens with zero attached hydrogens (tertiary/aromatic N) is 1. The highest BCUT2D eigenvalue weighted by atomic mass is 16.5. The molecule has 2 aromatic carbocycles. The van der Waals surface area contributed by atoms with Gasteiger partial charge in [-0.2, -0.15) is 0 Å². The van der Waals surface area contributed by atoms with Crippen LogP contribution >= 0.6 is 0 Å². The number of aryl methyl sites for hydroxylation is 1. The van der Waals surface area contributed by atoms with Gasteiger partial charge in [-0.05, 0) is 42.9 Å². The number of benzene rings is 2. The summed E-state index contributed by atoms with van der Waals surface area (Å²) in [5.41, 5.74) is 4.55. The van der Waals surface area contributed by atoms with E-state index in [-0.39, 0.29) is 6.61 Å². The first kappa shape index (κ1) is 21.0. The van der Waals surface area contributed by atoms with Gasteiger partial charge in [-0.3, -0.25) is 4.90 Å². The lowest BCUT2D eigenvalue weighted by Crippen LogP contribution is -2.53. The molecule has 0 amide bonds. The lowest BCUT2D eigenvalue weighted by atomic mass is 9.74.